The van der Waals surface area contributed by atoms with Gasteiger partial charge in [0.15, 0.2) is 17.9 Å². The topological polar surface area (TPSA) is 142 Å². The average Bonchev–Trinajstić information content (AvgIpc) is 3.56. The molecule has 3 aromatic rings. The number of nitrogens with zero attached hydrogens (tertiary/aromatic N) is 2. The summed E-state index contributed by atoms with van der Waals surface area (Å²) in [4.78, 5) is 29.6. The Kier molecular flexibility index (Phi) is 10.9. The summed E-state index contributed by atoms with van der Waals surface area (Å²) in [5.74, 6) is -2.54. The molecule has 1 N–H and O–H groups in total. The van der Waals surface area contributed by atoms with Gasteiger partial charge in [-0.1, -0.05) is 55.4 Å². The molecule has 2 aliphatic heterocycles. The van der Waals surface area contributed by atoms with E-state index in [4.69, 9.17) is 36.3 Å². The van der Waals surface area contributed by atoms with Crippen molar-refractivity contribution >= 4 is 40.0 Å². The highest BCUT2D eigenvalue weighted by molar-refractivity contribution is 6.84. The first kappa shape index (κ1) is 37.9. The first-order valence-electron chi connectivity index (χ1n) is 16.7. The Labute approximate surface area is 292 Å². The Bertz CT molecular complexity index is 1730. The molecule has 2 saturated heterocycles. The number of ether oxygens (including phenoxy) is 4. The van der Waals surface area contributed by atoms with Gasteiger partial charge in [0.05, 0.1) is 20.8 Å². The van der Waals surface area contributed by atoms with Gasteiger partial charge in [-0.15, -0.1) is 0 Å². The van der Waals surface area contributed by atoms with Gasteiger partial charge in [-0.05, 0) is 40.4 Å². The van der Waals surface area contributed by atoms with E-state index in [1.807, 2.05) is 55.4 Å². The van der Waals surface area contributed by atoms with E-state index < -0.39 is 53.3 Å². The molecular weight excluding hydrogens is 693 g/mol. The Morgan fingerprint density at radius 2 is 1.68 bits per heavy atom. The smallest absolute Gasteiger partial charge is 0.413 e. The van der Waals surface area contributed by atoms with Crippen LogP contribution in [0.1, 0.15) is 67.4 Å². The van der Waals surface area contributed by atoms with Crippen molar-refractivity contribution in [1.29, 1.82) is 0 Å². The van der Waals surface area contributed by atoms with Crippen LogP contribution in [0.3, 0.4) is 0 Å². The molecule has 2 fully saturated rings. The zero-order valence-electron chi connectivity index (χ0n) is 30.1. The molecule has 2 aromatic heterocycles. The fourth-order valence-electron chi connectivity index (χ4n) is 6.80. The van der Waals surface area contributed by atoms with Gasteiger partial charge in [-0.3, -0.25) is 9.88 Å². The fraction of sp³-hybridized carbons (Fsp3) is 0.606. The summed E-state index contributed by atoms with van der Waals surface area (Å²) in [6.07, 6.45) is -4.79. The number of rotatable bonds is 10. The number of furan rings is 1. The Morgan fingerprint density at radius 3 is 2.26 bits per heavy atom. The van der Waals surface area contributed by atoms with Crippen molar-refractivity contribution in [1.82, 2.24) is 9.55 Å². The number of amides is 1. The molecule has 0 spiro atoms. The van der Waals surface area contributed by atoms with Crippen LogP contribution in [-0.4, -0.2) is 71.7 Å². The summed E-state index contributed by atoms with van der Waals surface area (Å²) in [6.45, 7) is 15.4. The van der Waals surface area contributed by atoms with E-state index in [0.29, 0.717) is 32.8 Å². The lowest BCUT2D eigenvalue weighted by Gasteiger charge is -2.51. The van der Waals surface area contributed by atoms with E-state index in [0.717, 1.165) is 6.20 Å². The molecule has 0 unspecified atom stereocenters. The maximum Gasteiger partial charge on any atom is 0.413 e. The van der Waals surface area contributed by atoms with Gasteiger partial charge in [0.1, 0.15) is 29.5 Å². The van der Waals surface area contributed by atoms with Crippen molar-refractivity contribution in [2.45, 2.75) is 109 Å². The summed E-state index contributed by atoms with van der Waals surface area (Å²) in [5.41, 5.74) is -0.971. The number of carbonyl (C=O) groups excluding carboxylic acids is 1. The molecule has 0 aliphatic carbocycles. The molecule has 1 amide bonds. The van der Waals surface area contributed by atoms with E-state index >= 15 is 8.78 Å². The largest absolute Gasteiger partial charge is 0.497 e. The van der Waals surface area contributed by atoms with Crippen LogP contribution in [-0.2, 0) is 29.0 Å². The van der Waals surface area contributed by atoms with Crippen molar-refractivity contribution in [3.05, 3.63) is 46.7 Å². The zero-order valence-corrected chi connectivity index (χ0v) is 32.1. The minimum Gasteiger partial charge on any atom is -0.497 e. The summed E-state index contributed by atoms with van der Waals surface area (Å²) < 4.78 is 81.2. The van der Waals surface area contributed by atoms with Crippen molar-refractivity contribution in [2.24, 2.45) is 0 Å². The number of fused-ring (bicyclic) bond motifs is 2. The Morgan fingerprint density at radius 1 is 1.02 bits per heavy atom. The number of benzene rings is 1. The standard InChI is InChI=1S/C33H47F2N3O10Si2/c1-18(2)49(19(3)4)44-17-26-29(47-50(48-49,20(5)6)21(7)8)33(34,35)30(46-26)38-12-11-27(36-31(38)39)37-32(40)43-16-24-14-22-13-23(41-9)15-25(42-10)28(22)45-24/h11-15,18-21,26,29-30H,16-17H2,1-10H3,(H,36,37,39,40)/t26-,29-,30-/m1/s1. The highest BCUT2D eigenvalue weighted by Crippen LogP contribution is 2.52. The van der Waals surface area contributed by atoms with Crippen LogP contribution in [0.15, 0.2) is 39.7 Å². The molecular formula is C33H47F2N3O10Si2. The van der Waals surface area contributed by atoms with Crippen LogP contribution in [0.2, 0.25) is 22.2 Å². The number of halogens is 2. The number of aromatic nitrogens is 2. The highest BCUT2D eigenvalue weighted by atomic mass is 28.5. The Hall–Kier alpha value is -3.36. The molecule has 3 atom stereocenters. The summed E-state index contributed by atoms with van der Waals surface area (Å²) in [5, 5.41) is 3.02. The predicted octanol–water partition coefficient (Wildman–Crippen LogP) is 7.24. The first-order valence-corrected chi connectivity index (χ1v) is 20.7. The van der Waals surface area contributed by atoms with Crippen LogP contribution < -0.4 is 20.5 Å². The first-order chi connectivity index (χ1) is 23.5. The maximum atomic E-state index is 16.4. The lowest BCUT2D eigenvalue weighted by molar-refractivity contribution is -0.140. The average molecular weight is 740 g/mol. The van der Waals surface area contributed by atoms with Crippen LogP contribution in [0.25, 0.3) is 11.0 Å². The molecule has 0 radical (unpaired) electrons. The third-order valence-corrected chi connectivity index (χ3v) is 19.6. The minimum atomic E-state index is -3.66. The van der Waals surface area contributed by atoms with Crippen molar-refractivity contribution in [3.8, 4) is 11.5 Å². The lowest BCUT2D eigenvalue weighted by Crippen LogP contribution is -2.66. The molecule has 13 nitrogen and oxygen atoms in total. The quantitative estimate of drug-likeness (QED) is 0.210. The zero-order chi connectivity index (χ0) is 36.8. The van der Waals surface area contributed by atoms with Crippen LogP contribution in [0, 0.1) is 0 Å². The number of carbonyl (C=O) groups is 1. The number of hydrogen-bond acceptors (Lipinski definition) is 11. The number of hydrogen-bond donors (Lipinski definition) is 1. The number of anilines is 1. The van der Waals surface area contributed by atoms with Gasteiger partial charge in [0.2, 0.25) is 6.23 Å². The predicted molar refractivity (Wildman–Crippen MR) is 184 cm³/mol. The molecule has 17 heteroatoms. The van der Waals surface area contributed by atoms with E-state index in [2.05, 4.69) is 10.3 Å². The molecule has 4 heterocycles. The second kappa shape index (κ2) is 14.3. The number of alkyl halides is 2. The second-order valence-electron chi connectivity index (χ2n) is 13.9. The molecule has 0 bridgehead atoms. The van der Waals surface area contributed by atoms with Gasteiger partial charge in [0, 0.05) is 17.6 Å². The Balaban J connectivity index is 1.34. The highest BCUT2D eigenvalue weighted by Gasteiger charge is 2.67. The number of methoxy groups -OCH3 is 2. The monoisotopic (exact) mass is 739 g/mol. The maximum absolute atomic E-state index is 16.4. The van der Waals surface area contributed by atoms with Crippen LogP contribution >= 0.6 is 0 Å². The summed E-state index contributed by atoms with van der Waals surface area (Å²) in [6, 6.07) is 6.27. The lowest BCUT2D eigenvalue weighted by atomic mass is 10.1. The SMILES string of the molecule is COc1cc(OC)c2oc(COC(=O)Nc3ccn([C@@H]4O[C@@H]5CO[Si](C(C)C)(C(C)C)O[Si](C(C)C)(C(C)C)O[C@H]5C4(F)F)c(=O)n3)cc2c1. The summed E-state index contributed by atoms with van der Waals surface area (Å²) in [7, 11) is -3.38. The van der Waals surface area contributed by atoms with Gasteiger partial charge in [0.25, 0.3) is 0 Å². The molecule has 0 saturated carbocycles. The third-order valence-electron chi connectivity index (χ3n) is 9.39. The minimum absolute atomic E-state index is 0.00891. The molecule has 2 aliphatic rings. The van der Waals surface area contributed by atoms with Crippen LogP contribution in [0.4, 0.5) is 19.4 Å². The van der Waals surface area contributed by atoms with E-state index in [1.54, 1.807) is 18.2 Å². The van der Waals surface area contributed by atoms with Gasteiger partial charge in [-0.25, -0.2) is 9.59 Å². The van der Waals surface area contributed by atoms with E-state index in [9.17, 15) is 9.59 Å². The summed E-state index contributed by atoms with van der Waals surface area (Å²) >= 11 is 0. The van der Waals surface area contributed by atoms with Crippen molar-refractivity contribution in [3.63, 3.8) is 0 Å². The van der Waals surface area contributed by atoms with E-state index in [1.165, 1.54) is 20.3 Å². The van der Waals surface area contributed by atoms with Crippen molar-refractivity contribution < 1.29 is 49.9 Å². The molecule has 1 aromatic carbocycles. The molecule has 5 rings (SSSR count). The normalized spacial score (nSPS) is 22.8. The van der Waals surface area contributed by atoms with Crippen molar-refractivity contribution in [2.75, 3.05) is 26.1 Å². The molecule has 50 heavy (non-hydrogen) atoms. The van der Waals surface area contributed by atoms with Gasteiger partial charge >= 0.3 is 34.8 Å². The van der Waals surface area contributed by atoms with Gasteiger partial charge in [-0.2, -0.15) is 13.8 Å². The fourth-order valence-corrected chi connectivity index (χ4v) is 18.0. The molecule has 276 valence electrons. The second-order valence-corrected chi connectivity index (χ2v) is 22.7. The third kappa shape index (κ3) is 6.82. The van der Waals surface area contributed by atoms with Crippen LogP contribution in [0.5, 0.6) is 11.5 Å². The van der Waals surface area contributed by atoms with E-state index in [-0.39, 0.29) is 41.2 Å². The van der Waals surface area contributed by atoms with Gasteiger partial charge < -0.3 is 36.3 Å². The number of nitrogens with one attached hydrogen (secondary N) is 1.